The average Bonchev–Trinajstić information content (AvgIpc) is 2.34. The van der Waals surface area contributed by atoms with Crippen LogP contribution in [0.4, 0.5) is 0 Å². The molecule has 11 heavy (non-hydrogen) atoms. The Hall–Kier alpha value is -0.780. The summed E-state index contributed by atoms with van der Waals surface area (Å²) in [6.07, 6.45) is 1.80. The van der Waals surface area contributed by atoms with Crippen molar-refractivity contribution < 1.29 is 0 Å². The Balaban J connectivity index is 3.08. The molecule has 2 heterocycles. The molecule has 0 unspecified atom stereocenters. The third-order valence-electron chi connectivity index (χ3n) is 1.51. The van der Waals surface area contributed by atoms with Crippen LogP contribution in [0.5, 0.6) is 0 Å². The van der Waals surface area contributed by atoms with E-state index < -0.39 is 0 Å². The Bertz CT molecular complexity index is 443. The second-order valence-corrected chi connectivity index (χ2v) is 3.30. The van der Waals surface area contributed by atoms with Gasteiger partial charge in [-0.2, -0.15) is 0 Å². The van der Waals surface area contributed by atoms with Gasteiger partial charge in [0.05, 0.1) is 0 Å². The van der Waals surface area contributed by atoms with Crippen molar-refractivity contribution in [3.63, 3.8) is 0 Å². The summed E-state index contributed by atoms with van der Waals surface area (Å²) in [5, 5.41) is 0. The van der Waals surface area contributed by atoms with E-state index in [4.69, 9.17) is 0 Å². The van der Waals surface area contributed by atoms with Gasteiger partial charge in [0.15, 0.2) is 0 Å². The molecule has 0 radical (unpaired) electrons. The van der Waals surface area contributed by atoms with Crippen LogP contribution >= 0.6 is 22.6 Å². The van der Waals surface area contributed by atoms with E-state index in [0.29, 0.717) is 0 Å². The van der Waals surface area contributed by atoms with Gasteiger partial charge in [-0.1, -0.05) is 6.07 Å². The van der Waals surface area contributed by atoms with Crippen LogP contribution < -0.4 is 5.56 Å². The minimum Gasteiger partial charge on any atom is -0.345 e. The lowest BCUT2D eigenvalue weighted by atomic mass is 10.5. The Morgan fingerprint density at radius 2 is 2.27 bits per heavy atom. The molecule has 0 aliphatic heterocycles. The van der Waals surface area contributed by atoms with E-state index >= 15 is 0 Å². The van der Waals surface area contributed by atoms with Crippen LogP contribution in [-0.2, 0) is 0 Å². The monoisotopic (exact) mass is 260 g/mol. The fraction of sp³-hybridized carbons (Fsp3) is 0. The highest BCUT2D eigenvalue weighted by atomic mass is 127. The Morgan fingerprint density at radius 1 is 1.45 bits per heavy atom. The van der Waals surface area contributed by atoms with E-state index in [1.165, 1.54) is 0 Å². The smallest absolute Gasteiger partial charge is 0.257 e. The average molecular weight is 260 g/mol. The molecule has 0 amide bonds. The van der Waals surface area contributed by atoms with Crippen molar-refractivity contribution in [2.45, 2.75) is 0 Å². The minimum absolute atomic E-state index is 0.00755. The molecule has 1 N–H and O–H groups in total. The highest BCUT2D eigenvalue weighted by molar-refractivity contribution is 14.1. The van der Waals surface area contributed by atoms with Crippen molar-refractivity contribution >= 4 is 28.2 Å². The minimum atomic E-state index is 0.00755. The van der Waals surface area contributed by atoms with Gasteiger partial charge < -0.3 is 4.98 Å². The number of fused-ring (bicyclic) bond motifs is 1. The van der Waals surface area contributed by atoms with Gasteiger partial charge >= 0.3 is 0 Å². The lowest BCUT2D eigenvalue weighted by molar-refractivity contribution is 1.08. The van der Waals surface area contributed by atoms with Crippen LogP contribution in [-0.4, -0.2) is 9.38 Å². The van der Waals surface area contributed by atoms with Crippen molar-refractivity contribution in [3.05, 3.63) is 38.5 Å². The third-order valence-corrected chi connectivity index (χ3v) is 2.30. The van der Waals surface area contributed by atoms with Crippen LogP contribution in [0.3, 0.4) is 0 Å². The fourth-order valence-corrected chi connectivity index (χ4v) is 1.67. The summed E-state index contributed by atoms with van der Waals surface area (Å²) in [5.41, 5.74) is 0.843. The number of aromatic nitrogens is 2. The normalized spacial score (nSPS) is 10.6. The maximum absolute atomic E-state index is 11.2. The van der Waals surface area contributed by atoms with Crippen LogP contribution in [0.1, 0.15) is 0 Å². The summed E-state index contributed by atoms with van der Waals surface area (Å²) in [5.74, 6) is 0. The molecule has 3 nitrogen and oxygen atoms in total. The largest absolute Gasteiger partial charge is 0.345 e. The zero-order valence-corrected chi connectivity index (χ0v) is 7.70. The lowest BCUT2D eigenvalue weighted by Gasteiger charge is -1.90. The number of aromatic amines is 1. The van der Waals surface area contributed by atoms with Crippen molar-refractivity contribution in [1.29, 1.82) is 0 Å². The molecule has 0 atom stereocenters. The van der Waals surface area contributed by atoms with Gasteiger partial charge in [-0.25, -0.2) is 0 Å². The highest BCUT2D eigenvalue weighted by Crippen LogP contribution is 2.04. The number of hydrogen-bond acceptors (Lipinski definition) is 1. The number of rotatable bonds is 0. The van der Waals surface area contributed by atoms with Crippen molar-refractivity contribution in [2.75, 3.05) is 0 Å². The summed E-state index contributed by atoms with van der Waals surface area (Å²) >= 11 is 2.11. The maximum atomic E-state index is 11.2. The summed E-state index contributed by atoms with van der Waals surface area (Å²) in [6, 6.07) is 5.15. The van der Waals surface area contributed by atoms with Gasteiger partial charge in [-0.3, -0.25) is 9.20 Å². The van der Waals surface area contributed by atoms with Crippen LogP contribution in [0.25, 0.3) is 5.65 Å². The summed E-state index contributed by atoms with van der Waals surface area (Å²) < 4.78 is 2.53. The van der Waals surface area contributed by atoms with E-state index in [2.05, 4.69) is 27.6 Å². The quantitative estimate of drug-likeness (QED) is 0.711. The molecule has 0 fully saturated rings. The molecule has 2 aromatic heterocycles. The first-order valence-electron chi connectivity index (χ1n) is 3.14. The molecule has 0 aliphatic rings. The Labute approximate surface area is 76.2 Å². The molecule has 2 rings (SSSR count). The highest BCUT2D eigenvalue weighted by Gasteiger charge is 1.98. The van der Waals surface area contributed by atoms with Gasteiger partial charge in [0.25, 0.3) is 5.56 Å². The van der Waals surface area contributed by atoms with Crippen LogP contribution in [0.2, 0.25) is 0 Å². The van der Waals surface area contributed by atoms with Gasteiger partial charge in [0, 0.05) is 12.3 Å². The van der Waals surface area contributed by atoms with Crippen molar-refractivity contribution in [1.82, 2.24) is 9.38 Å². The van der Waals surface area contributed by atoms with E-state index in [1.807, 2.05) is 6.07 Å². The third kappa shape index (κ3) is 0.973. The summed E-state index contributed by atoms with van der Waals surface area (Å²) in [7, 11) is 0. The topological polar surface area (TPSA) is 37.3 Å². The van der Waals surface area contributed by atoms with Gasteiger partial charge in [0.1, 0.15) is 9.35 Å². The number of hydrogen-bond donors (Lipinski definition) is 1. The summed E-state index contributed by atoms with van der Waals surface area (Å²) in [6.45, 7) is 0. The van der Waals surface area contributed by atoms with Crippen molar-refractivity contribution in [2.24, 2.45) is 0 Å². The summed E-state index contributed by atoms with van der Waals surface area (Å²) in [4.78, 5) is 14.2. The molecular formula is C7H5IN2O. The molecule has 0 aromatic carbocycles. The zero-order chi connectivity index (χ0) is 7.84. The first-order valence-corrected chi connectivity index (χ1v) is 4.21. The maximum Gasteiger partial charge on any atom is 0.257 e. The number of pyridine rings is 1. The molecule has 4 heteroatoms. The number of halogens is 1. The molecule has 0 bridgehead atoms. The van der Waals surface area contributed by atoms with Crippen molar-refractivity contribution in [3.8, 4) is 0 Å². The molecule has 0 aliphatic carbocycles. The standard InChI is InChI=1S/C7H5IN2O/c8-5-4-9-6-2-1-3-7(11)10(5)6/h1-4,9H. The molecule has 2 aromatic rings. The lowest BCUT2D eigenvalue weighted by Crippen LogP contribution is -2.10. The molecule has 0 spiro atoms. The Kier molecular flexibility index (Phi) is 1.49. The molecule has 0 saturated carbocycles. The van der Waals surface area contributed by atoms with E-state index in [1.54, 1.807) is 22.7 Å². The van der Waals surface area contributed by atoms with Gasteiger partial charge in [0.2, 0.25) is 0 Å². The first kappa shape index (κ1) is 6.90. The number of nitrogens with one attached hydrogen (secondary N) is 1. The van der Waals surface area contributed by atoms with Crippen LogP contribution in [0, 0.1) is 3.70 Å². The zero-order valence-electron chi connectivity index (χ0n) is 5.54. The fourth-order valence-electron chi connectivity index (χ4n) is 1.02. The predicted octanol–water partition coefficient (Wildman–Crippen LogP) is 1.23. The van der Waals surface area contributed by atoms with Crippen LogP contribution in [0.15, 0.2) is 29.2 Å². The SMILES string of the molecule is O=c1cccc2[nH]cc(I)n12. The Morgan fingerprint density at radius 3 is 3.00 bits per heavy atom. The van der Waals surface area contributed by atoms with Gasteiger partial charge in [-0.15, -0.1) is 0 Å². The molecular weight excluding hydrogens is 255 g/mol. The number of nitrogens with zero attached hydrogens (tertiary/aromatic N) is 1. The second-order valence-electron chi connectivity index (χ2n) is 2.20. The van der Waals surface area contributed by atoms with Gasteiger partial charge in [-0.05, 0) is 28.7 Å². The molecule has 56 valence electrons. The van der Waals surface area contributed by atoms with E-state index in [9.17, 15) is 4.79 Å². The van der Waals surface area contributed by atoms with E-state index in [0.717, 1.165) is 9.35 Å². The van der Waals surface area contributed by atoms with E-state index in [-0.39, 0.29) is 5.56 Å². The second kappa shape index (κ2) is 2.37. The first-order chi connectivity index (χ1) is 5.29. The number of imidazole rings is 1. The molecule has 0 saturated heterocycles. The predicted molar refractivity (Wildman–Crippen MR) is 50.7 cm³/mol. The number of H-pyrrole nitrogens is 1.